The van der Waals surface area contributed by atoms with Gasteiger partial charge in [-0.3, -0.25) is 9.59 Å². The van der Waals surface area contributed by atoms with Crippen LogP contribution in [-0.4, -0.2) is 24.4 Å². The average Bonchev–Trinajstić information content (AvgIpc) is 2.75. The Labute approximate surface area is 168 Å². The van der Waals surface area contributed by atoms with Gasteiger partial charge < -0.3 is 15.4 Å². The minimum absolute atomic E-state index is 0.240. The number of rotatable bonds is 6. The van der Waals surface area contributed by atoms with Gasteiger partial charge in [-0.05, 0) is 49.4 Å². The molecular weight excluding hydrogens is 368 g/mol. The van der Waals surface area contributed by atoms with Crippen LogP contribution in [0.2, 0.25) is 0 Å². The van der Waals surface area contributed by atoms with Crippen LogP contribution in [0.5, 0.6) is 0 Å². The van der Waals surface area contributed by atoms with E-state index in [2.05, 4.69) is 10.6 Å². The Morgan fingerprint density at radius 2 is 1.41 bits per heavy atom. The Morgan fingerprint density at radius 3 is 2.17 bits per heavy atom. The maximum absolute atomic E-state index is 12.7. The highest BCUT2D eigenvalue weighted by molar-refractivity contribution is 6.09. The van der Waals surface area contributed by atoms with E-state index in [0.717, 1.165) is 0 Å². The molecule has 0 aliphatic rings. The lowest BCUT2D eigenvalue weighted by Crippen LogP contribution is -2.17. The standard InChI is InChI=1S/C23H20N2O4/c1-2-29-23(28)19-13-6-7-14-20(19)25-22(27)17-11-8-12-18(15-17)24-21(26)16-9-4-3-5-10-16/h3-15H,2H2,1H3,(H,24,26)(H,25,27). The average molecular weight is 388 g/mol. The summed E-state index contributed by atoms with van der Waals surface area (Å²) in [4.78, 5) is 37.1. The van der Waals surface area contributed by atoms with Crippen molar-refractivity contribution in [1.29, 1.82) is 0 Å². The molecule has 6 nitrogen and oxygen atoms in total. The van der Waals surface area contributed by atoms with E-state index in [1.165, 1.54) is 0 Å². The molecule has 29 heavy (non-hydrogen) atoms. The summed E-state index contributed by atoms with van der Waals surface area (Å²) in [7, 11) is 0. The molecule has 0 saturated heterocycles. The van der Waals surface area contributed by atoms with Gasteiger partial charge in [0.05, 0.1) is 17.9 Å². The van der Waals surface area contributed by atoms with Crippen LogP contribution in [0.1, 0.15) is 38.0 Å². The van der Waals surface area contributed by atoms with Gasteiger partial charge in [0.2, 0.25) is 0 Å². The zero-order chi connectivity index (χ0) is 20.6. The normalized spacial score (nSPS) is 10.1. The van der Waals surface area contributed by atoms with E-state index in [1.807, 2.05) is 6.07 Å². The fraction of sp³-hybridized carbons (Fsp3) is 0.0870. The second-order valence-electron chi connectivity index (χ2n) is 6.12. The Morgan fingerprint density at radius 1 is 0.759 bits per heavy atom. The molecule has 0 saturated carbocycles. The molecule has 0 heterocycles. The number of hydrogen-bond donors (Lipinski definition) is 2. The number of hydrogen-bond acceptors (Lipinski definition) is 4. The van der Waals surface area contributed by atoms with Gasteiger partial charge in [-0.1, -0.05) is 36.4 Å². The van der Waals surface area contributed by atoms with Crippen LogP contribution in [0.4, 0.5) is 11.4 Å². The molecule has 146 valence electrons. The van der Waals surface area contributed by atoms with Crippen LogP contribution in [0, 0.1) is 0 Å². The van der Waals surface area contributed by atoms with Crippen LogP contribution in [-0.2, 0) is 4.74 Å². The monoisotopic (exact) mass is 388 g/mol. The van der Waals surface area contributed by atoms with Gasteiger partial charge >= 0.3 is 5.97 Å². The van der Waals surface area contributed by atoms with Crippen molar-refractivity contribution in [2.24, 2.45) is 0 Å². The lowest BCUT2D eigenvalue weighted by atomic mass is 10.1. The molecule has 0 unspecified atom stereocenters. The molecule has 0 spiro atoms. The van der Waals surface area contributed by atoms with Gasteiger partial charge in [0.1, 0.15) is 0 Å². The summed E-state index contributed by atoms with van der Waals surface area (Å²) in [6, 6.07) is 22.0. The van der Waals surface area contributed by atoms with Crippen LogP contribution in [0.3, 0.4) is 0 Å². The SMILES string of the molecule is CCOC(=O)c1ccccc1NC(=O)c1cccc(NC(=O)c2ccccc2)c1. The first-order valence-corrected chi connectivity index (χ1v) is 9.12. The summed E-state index contributed by atoms with van der Waals surface area (Å²) < 4.78 is 5.02. The summed E-state index contributed by atoms with van der Waals surface area (Å²) in [5.41, 5.74) is 1.98. The largest absolute Gasteiger partial charge is 0.462 e. The van der Waals surface area contributed by atoms with Gasteiger partial charge in [0.25, 0.3) is 11.8 Å². The minimum atomic E-state index is -0.507. The van der Waals surface area contributed by atoms with Crippen molar-refractivity contribution in [2.45, 2.75) is 6.92 Å². The molecule has 3 aromatic rings. The number of anilines is 2. The molecule has 2 N–H and O–H groups in total. The molecule has 0 aromatic heterocycles. The van der Waals surface area contributed by atoms with Crippen LogP contribution < -0.4 is 10.6 Å². The van der Waals surface area contributed by atoms with Crippen molar-refractivity contribution in [3.05, 3.63) is 95.6 Å². The first-order chi connectivity index (χ1) is 14.1. The first kappa shape index (κ1) is 19.8. The van der Waals surface area contributed by atoms with Crippen molar-refractivity contribution in [1.82, 2.24) is 0 Å². The molecule has 0 aliphatic carbocycles. The van der Waals surface area contributed by atoms with Crippen LogP contribution in [0.25, 0.3) is 0 Å². The summed E-state index contributed by atoms with van der Waals surface area (Å²) in [6.07, 6.45) is 0. The maximum Gasteiger partial charge on any atom is 0.340 e. The lowest BCUT2D eigenvalue weighted by Gasteiger charge is -2.11. The number of esters is 1. The summed E-state index contributed by atoms with van der Waals surface area (Å²) in [5, 5.41) is 5.50. The predicted molar refractivity (Wildman–Crippen MR) is 111 cm³/mol. The topological polar surface area (TPSA) is 84.5 Å². The number of para-hydroxylation sites is 1. The Bertz CT molecular complexity index is 1030. The fourth-order valence-corrected chi connectivity index (χ4v) is 2.70. The van der Waals surface area contributed by atoms with Crippen molar-refractivity contribution >= 4 is 29.2 Å². The highest BCUT2D eigenvalue weighted by atomic mass is 16.5. The van der Waals surface area contributed by atoms with Crippen LogP contribution in [0.15, 0.2) is 78.9 Å². The second kappa shape index (κ2) is 9.32. The third kappa shape index (κ3) is 5.07. The molecule has 3 aromatic carbocycles. The molecular formula is C23H20N2O4. The minimum Gasteiger partial charge on any atom is -0.462 e. The Kier molecular flexibility index (Phi) is 6.37. The third-order valence-electron chi connectivity index (χ3n) is 4.09. The van der Waals surface area contributed by atoms with E-state index in [1.54, 1.807) is 79.7 Å². The molecule has 0 atom stereocenters. The van der Waals surface area contributed by atoms with Crippen LogP contribution >= 0.6 is 0 Å². The Hall–Kier alpha value is -3.93. The van der Waals surface area contributed by atoms with Gasteiger partial charge in [-0.2, -0.15) is 0 Å². The highest BCUT2D eigenvalue weighted by Crippen LogP contribution is 2.19. The summed E-state index contributed by atoms with van der Waals surface area (Å²) in [6.45, 7) is 1.96. The fourth-order valence-electron chi connectivity index (χ4n) is 2.70. The van der Waals surface area contributed by atoms with Crippen molar-refractivity contribution < 1.29 is 19.1 Å². The lowest BCUT2D eigenvalue weighted by molar-refractivity contribution is 0.0527. The number of nitrogens with one attached hydrogen (secondary N) is 2. The quantitative estimate of drug-likeness (QED) is 0.614. The maximum atomic E-state index is 12.7. The third-order valence-corrected chi connectivity index (χ3v) is 4.09. The van der Waals surface area contributed by atoms with Crippen molar-refractivity contribution in [3.8, 4) is 0 Å². The molecule has 6 heteroatoms. The van der Waals surface area contributed by atoms with Crippen molar-refractivity contribution in [2.75, 3.05) is 17.2 Å². The molecule has 0 bridgehead atoms. The Balaban J connectivity index is 1.75. The number of carbonyl (C=O) groups is 3. The zero-order valence-electron chi connectivity index (χ0n) is 15.8. The van der Waals surface area contributed by atoms with Gasteiger partial charge in [0.15, 0.2) is 0 Å². The van der Waals surface area contributed by atoms with E-state index in [0.29, 0.717) is 22.5 Å². The predicted octanol–water partition coefficient (Wildman–Crippen LogP) is 4.37. The van der Waals surface area contributed by atoms with Gasteiger partial charge in [0, 0.05) is 16.8 Å². The van der Waals surface area contributed by atoms with Crippen molar-refractivity contribution in [3.63, 3.8) is 0 Å². The number of carbonyl (C=O) groups excluding carboxylic acids is 3. The van der Waals surface area contributed by atoms with E-state index in [4.69, 9.17) is 4.74 Å². The van der Waals surface area contributed by atoms with E-state index in [9.17, 15) is 14.4 Å². The molecule has 0 aliphatic heterocycles. The summed E-state index contributed by atoms with van der Waals surface area (Å²) >= 11 is 0. The molecule has 3 rings (SSSR count). The molecule has 0 fully saturated rings. The van der Waals surface area contributed by atoms with E-state index < -0.39 is 11.9 Å². The molecule has 0 radical (unpaired) electrons. The second-order valence-corrected chi connectivity index (χ2v) is 6.12. The number of amides is 2. The van der Waals surface area contributed by atoms with Gasteiger partial charge in [-0.25, -0.2) is 4.79 Å². The number of ether oxygens (including phenoxy) is 1. The number of benzene rings is 3. The van der Waals surface area contributed by atoms with Gasteiger partial charge in [-0.15, -0.1) is 0 Å². The summed E-state index contributed by atoms with van der Waals surface area (Å²) in [5.74, 6) is -1.18. The molecule has 2 amide bonds. The van der Waals surface area contributed by atoms with E-state index >= 15 is 0 Å². The highest BCUT2D eigenvalue weighted by Gasteiger charge is 2.15. The zero-order valence-corrected chi connectivity index (χ0v) is 15.8. The smallest absolute Gasteiger partial charge is 0.340 e. The van der Waals surface area contributed by atoms with E-state index in [-0.39, 0.29) is 18.1 Å². The first-order valence-electron chi connectivity index (χ1n) is 9.12.